The van der Waals surface area contributed by atoms with Crippen molar-refractivity contribution in [2.75, 3.05) is 43.4 Å². The molecule has 2 N–H and O–H groups in total. The van der Waals surface area contributed by atoms with Crippen LogP contribution < -0.4 is 10.6 Å². The van der Waals surface area contributed by atoms with Crippen LogP contribution in [0.15, 0.2) is 24.4 Å². The first-order valence-corrected chi connectivity index (χ1v) is 11.4. The second-order valence-electron chi connectivity index (χ2n) is 8.32. The summed E-state index contributed by atoms with van der Waals surface area (Å²) < 4.78 is 0. The van der Waals surface area contributed by atoms with Crippen molar-refractivity contribution < 1.29 is 0 Å². The summed E-state index contributed by atoms with van der Waals surface area (Å²) in [6, 6.07) is 6.10. The lowest BCUT2D eigenvalue weighted by Crippen LogP contribution is -2.47. The fraction of sp³-hybridized carbons (Fsp3) is 0.500. The predicted octanol–water partition coefficient (Wildman–Crippen LogP) is 3.16. The summed E-state index contributed by atoms with van der Waals surface area (Å²) in [6.07, 6.45) is 6.23. The maximum absolute atomic E-state index is 6.38. The van der Waals surface area contributed by atoms with Gasteiger partial charge in [0.25, 0.3) is 0 Å². The van der Waals surface area contributed by atoms with Gasteiger partial charge in [-0.1, -0.05) is 13.0 Å². The second-order valence-corrected chi connectivity index (χ2v) is 9.41. The van der Waals surface area contributed by atoms with Gasteiger partial charge in [-0.2, -0.15) is 0 Å². The van der Waals surface area contributed by atoms with Crippen molar-refractivity contribution in [3.05, 3.63) is 40.7 Å². The van der Waals surface area contributed by atoms with E-state index >= 15 is 0 Å². The molecule has 1 atom stereocenters. The summed E-state index contributed by atoms with van der Waals surface area (Å²) in [5.41, 5.74) is 7.79. The Kier molecular flexibility index (Phi) is 5.09. The van der Waals surface area contributed by atoms with Crippen molar-refractivity contribution in [2.24, 2.45) is 5.92 Å². The first kappa shape index (κ1) is 18.8. The van der Waals surface area contributed by atoms with Crippen LogP contribution in [0.25, 0.3) is 10.2 Å². The maximum Gasteiger partial charge on any atom is 0.136 e. The standard InChI is InChI=1S/C22H28N6S/c1-15-5-6-16-17(14-15)29-22-20(16)21(23)25-18(26-22)7-9-27-10-12-28(13-11-27)19-4-2-3-8-24-19/h2-4,8,15H,5-7,9-14H2,1H3,(H2,23,25,26)/t15-/m0/s1. The van der Waals surface area contributed by atoms with E-state index in [1.807, 2.05) is 23.6 Å². The van der Waals surface area contributed by atoms with Gasteiger partial charge in [-0.15, -0.1) is 11.3 Å². The Balaban J connectivity index is 1.24. The number of anilines is 2. The minimum Gasteiger partial charge on any atom is -0.383 e. The zero-order chi connectivity index (χ0) is 19.8. The molecule has 3 aromatic rings. The Morgan fingerprint density at radius 3 is 2.83 bits per heavy atom. The number of hydrogen-bond acceptors (Lipinski definition) is 7. The Labute approximate surface area is 175 Å². The van der Waals surface area contributed by atoms with Crippen LogP contribution in [0.2, 0.25) is 0 Å². The molecule has 0 spiro atoms. The van der Waals surface area contributed by atoms with Crippen LogP contribution >= 0.6 is 11.3 Å². The van der Waals surface area contributed by atoms with Gasteiger partial charge in [0.2, 0.25) is 0 Å². The quantitative estimate of drug-likeness (QED) is 0.715. The molecular formula is C22H28N6S. The van der Waals surface area contributed by atoms with Gasteiger partial charge in [0.15, 0.2) is 0 Å². The number of thiophene rings is 1. The number of pyridine rings is 1. The lowest BCUT2D eigenvalue weighted by molar-refractivity contribution is 0.259. The van der Waals surface area contributed by atoms with Crippen molar-refractivity contribution in [1.29, 1.82) is 0 Å². The van der Waals surface area contributed by atoms with Crippen molar-refractivity contribution in [3.63, 3.8) is 0 Å². The molecule has 0 bridgehead atoms. The average molecular weight is 409 g/mol. The zero-order valence-corrected chi connectivity index (χ0v) is 17.8. The monoisotopic (exact) mass is 408 g/mol. The number of aryl methyl sites for hydroxylation is 1. The van der Waals surface area contributed by atoms with Gasteiger partial charge in [0.1, 0.15) is 22.3 Å². The summed E-state index contributed by atoms with van der Waals surface area (Å²) in [5, 5.41) is 1.13. The molecule has 1 aliphatic heterocycles. The molecule has 3 aromatic heterocycles. The van der Waals surface area contributed by atoms with Gasteiger partial charge in [-0.05, 0) is 42.9 Å². The van der Waals surface area contributed by atoms with Crippen molar-refractivity contribution in [1.82, 2.24) is 19.9 Å². The van der Waals surface area contributed by atoms with Gasteiger partial charge in [-0.3, -0.25) is 4.90 Å². The van der Waals surface area contributed by atoms with Crippen LogP contribution in [0, 0.1) is 5.92 Å². The Bertz CT molecular complexity index is 993. The molecule has 152 valence electrons. The third-order valence-electron chi connectivity index (χ3n) is 6.23. The Morgan fingerprint density at radius 1 is 1.17 bits per heavy atom. The Morgan fingerprint density at radius 2 is 2.03 bits per heavy atom. The van der Waals surface area contributed by atoms with Crippen LogP contribution in [-0.2, 0) is 19.3 Å². The van der Waals surface area contributed by atoms with Crippen LogP contribution in [0.1, 0.15) is 29.6 Å². The maximum atomic E-state index is 6.38. The summed E-state index contributed by atoms with van der Waals surface area (Å²) in [7, 11) is 0. The van der Waals surface area contributed by atoms with E-state index in [0.29, 0.717) is 5.82 Å². The van der Waals surface area contributed by atoms with Gasteiger partial charge in [-0.25, -0.2) is 15.0 Å². The minimum atomic E-state index is 0.678. The summed E-state index contributed by atoms with van der Waals surface area (Å²) in [4.78, 5) is 21.4. The number of rotatable bonds is 4. The highest BCUT2D eigenvalue weighted by Gasteiger charge is 2.23. The fourth-order valence-electron chi connectivity index (χ4n) is 4.53. The highest BCUT2D eigenvalue weighted by Crippen LogP contribution is 2.39. The van der Waals surface area contributed by atoms with E-state index in [4.69, 9.17) is 10.7 Å². The van der Waals surface area contributed by atoms with E-state index < -0.39 is 0 Å². The summed E-state index contributed by atoms with van der Waals surface area (Å²) >= 11 is 1.83. The molecule has 1 fully saturated rings. The predicted molar refractivity (Wildman–Crippen MR) is 120 cm³/mol. The summed E-state index contributed by atoms with van der Waals surface area (Å²) in [5.74, 6) is 3.39. The number of piperazine rings is 1. The van der Waals surface area contributed by atoms with Crippen LogP contribution in [0.3, 0.4) is 0 Å². The molecule has 7 heteroatoms. The molecular weight excluding hydrogens is 380 g/mol. The number of nitrogen functional groups attached to an aromatic ring is 1. The van der Waals surface area contributed by atoms with Gasteiger partial charge in [0, 0.05) is 50.2 Å². The number of fused-ring (bicyclic) bond motifs is 3. The lowest BCUT2D eigenvalue weighted by atomic mass is 9.89. The fourth-order valence-corrected chi connectivity index (χ4v) is 5.94. The zero-order valence-electron chi connectivity index (χ0n) is 17.0. The molecule has 0 unspecified atom stereocenters. The minimum absolute atomic E-state index is 0.678. The van der Waals surface area contributed by atoms with Crippen LogP contribution in [0.5, 0.6) is 0 Å². The lowest BCUT2D eigenvalue weighted by Gasteiger charge is -2.35. The van der Waals surface area contributed by atoms with E-state index in [1.54, 1.807) is 0 Å². The molecule has 5 rings (SSSR count). The van der Waals surface area contributed by atoms with E-state index in [2.05, 4.69) is 38.8 Å². The highest BCUT2D eigenvalue weighted by atomic mass is 32.1. The third-order valence-corrected chi connectivity index (χ3v) is 7.37. The number of aromatic nitrogens is 3. The molecule has 2 aliphatic rings. The molecule has 4 heterocycles. The summed E-state index contributed by atoms with van der Waals surface area (Å²) in [6.45, 7) is 7.41. The largest absolute Gasteiger partial charge is 0.383 e. The van der Waals surface area contributed by atoms with Crippen LogP contribution in [-0.4, -0.2) is 52.6 Å². The first-order valence-electron chi connectivity index (χ1n) is 10.6. The highest BCUT2D eigenvalue weighted by molar-refractivity contribution is 7.19. The number of hydrogen-bond donors (Lipinski definition) is 1. The van der Waals surface area contributed by atoms with Crippen molar-refractivity contribution in [2.45, 2.75) is 32.6 Å². The second kappa shape index (κ2) is 7.88. The van der Waals surface area contributed by atoms with E-state index in [-0.39, 0.29) is 0 Å². The third kappa shape index (κ3) is 3.81. The Hall–Kier alpha value is -2.25. The molecule has 6 nitrogen and oxygen atoms in total. The number of nitrogens with two attached hydrogens (primary N) is 1. The molecule has 1 aliphatic carbocycles. The molecule has 1 saturated heterocycles. The molecule has 0 aromatic carbocycles. The molecule has 0 saturated carbocycles. The van der Waals surface area contributed by atoms with E-state index in [0.717, 1.165) is 79.8 Å². The number of nitrogens with zero attached hydrogens (tertiary/aromatic N) is 5. The SMILES string of the molecule is C[C@H]1CCc2c(sc3nc(CCN4CCN(c5ccccn5)CC4)nc(N)c23)C1. The molecule has 0 amide bonds. The van der Waals surface area contributed by atoms with Crippen molar-refractivity contribution in [3.8, 4) is 0 Å². The van der Waals surface area contributed by atoms with E-state index in [9.17, 15) is 0 Å². The average Bonchev–Trinajstić information content (AvgIpc) is 3.11. The molecule has 29 heavy (non-hydrogen) atoms. The van der Waals surface area contributed by atoms with E-state index in [1.165, 1.54) is 16.9 Å². The topological polar surface area (TPSA) is 71.2 Å². The van der Waals surface area contributed by atoms with Gasteiger partial charge in [0.05, 0.1) is 5.39 Å². The smallest absolute Gasteiger partial charge is 0.136 e. The normalized spacial score (nSPS) is 20.2. The van der Waals surface area contributed by atoms with Gasteiger partial charge >= 0.3 is 0 Å². The van der Waals surface area contributed by atoms with Crippen LogP contribution in [0.4, 0.5) is 11.6 Å². The van der Waals surface area contributed by atoms with Crippen molar-refractivity contribution >= 4 is 33.2 Å². The van der Waals surface area contributed by atoms with Gasteiger partial charge < -0.3 is 10.6 Å². The first-order chi connectivity index (χ1) is 14.2. The molecule has 0 radical (unpaired) electrons.